The Morgan fingerprint density at radius 2 is 1.68 bits per heavy atom. The molecule has 1 fully saturated rings. The topological polar surface area (TPSA) is 73.9 Å². The molecule has 1 saturated carbocycles. The van der Waals surface area contributed by atoms with E-state index in [1.54, 1.807) is 0 Å². The fourth-order valence-electron chi connectivity index (χ4n) is 4.54. The summed E-state index contributed by atoms with van der Waals surface area (Å²) in [6.45, 7) is 2.71. The molecule has 1 heterocycles. The molecule has 0 spiro atoms. The van der Waals surface area contributed by atoms with E-state index in [4.69, 9.17) is 9.47 Å². The van der Waals surface area contributed by atoms with E-state index in [-0.39, 0.29) is 12.6 Å². The second-order valence-electron chi connectivity index (χ2n) is 8.94. The van der Waals surface area contributed by atoms with Crippen molar-refractivity contribution in [1.29, 1.82) is 0 Å². The molecule has 0 atom stereocenters. The van der Waals surface area contributed by atoms with E-state index < -0.39 is 11.5 Å². The number of methoxy groups -OCH3 is 1. The van der Waals surface area contributed by atoms with Crippen LogP contribution in [0.4, 0.5) is 4.79 Å². The highest BCUT2D eigenvalue weighted by Gasteiger charge is 2.50. The van der Waals surface area contributed by atoms with Gasteiger partial charge in [0.2, 0.25) is 6.79 Å². The summed E-state index contributed by atoms with van der Waals surface area (Å²) in [6, 6.07) is 20.1. The highest BCUT2D eigenvalue weighted by molar-refractivity contribution is 5.95. The van der Waals surface area contributed by atoms with Gasteiger partial charge in [0, 0.05) is 13.0 Å². The summed E-state index contributed by atoms with van der Waals surface area (Å²) in [4.78, 5) is 24.7. The monoisotopic (exact) mass is 457 g/mol. The lowest BCUT2D eigenvalue weighted by molar-refractivity contribution is -0.120. The van der Waals surface area contributed by atoms with E-state index in [1.165, 1.54) is 7.11 Å². The van der Waals surface area contributed by atoms with E-state index in [1.807, 2.05) is 48.5 Å². The van der Waals surface area contributed by atoms with Gasteiger partial charge in [0.25, 0.3) is 0 Å². The van der Waals surface area contributed by atoms with Crippen LogP contribution in [0.1, 0.15) is 35.1 Å². The Balaban J connectivity index is 1.32. The third-order valence-corrected chi connectivity index (χ3v) is 6.76. The van der Waals surface area contributed by atoms with Gasteiger partial charge in [-0.1, -0.05) is 48.5 Å². The zero-order valence-electron chi connectivity index (χ0n) is 19.4. The Hall–Kier alpha value is -3.80. The molecule has 1 N–H and O–H groups in total. The lowest BCUT2D eigenvalue weighted by Crippen LogP contribution is -2.22. The number of carbonyl (C=O) groups excluding carboxylic acids is 2. The zero-order chi connectivity index (χ0) is 23.7. The normalized spacial score (nSPS) is 15.0. The Morgan fingerprint density at radius 1 is 0.941 bits per heavy atom. The van der Waals surface area contributed by atoms with Gasteiger partial charge in [-0.15, -0.1) is 0 Å². The minimum atomic E-state index is -0.452. The molecule has 6 nitrogen and oxygen atoms in total. The van der Waals surface area contributed by atoms with Crippen LogP contribution in [0, 0.1) is 6.92 Å². The van der Waals surface area contributed by atoms with Gasteiger partial charge < -0.3 is 19.5 Å². The Labute approximate surface area is 198 Å². The van der Waals surface area contributed by atoms with Crippen molar-refractivity contribution in [3.05, 3.63) is 82.9 Å². The van der Waals surface area contributed by atoms with Crippen LogP contribution in [-0.2, 0) is 27.9 Å². The van der Waals surface area contributed by atoms with Crippen LogP contribution in [0.2, 0.25) is 0 Å². The predicted octanol–water partition coefficient (Wildman–Crippen LogP) is 5.09. The Bertz CT molecular complexity index is 1240. The van der Waals surface area contributed by atoms with E-state index in [0.717, 1.165) is 57.7 Å². The van der Waals surface area contributed by atoms with Crippen LogP contribution in [-0.4, -0.2) is 25.8 Å². The second-order valence-corrected chi connectivity index (χ2v) is 8.94. The molecule has 3 aromatic carbocycles. The first-order valence-electron chi connectivity index (χ1n) is 11.4. The summed E-state index contributed by atoms with van der Waals surface area (Å²) in [5, 5.41) is 2.68. The fourth-order valence-corrected chi connectivity index (χ4v) is 4.54. The number of nitrogens with one attached hydrogen (secondary N) is 1. The molecule has 3 aromatic rings. The van der Waals surface area contributed by atoms with Crippen LogP contribution in [0.3, 0.4) is 0 Å². The van der Waals surface area contributed by atoms with Crippen LogP contribution < -0.4 is 14.8 Å². The number of amides is 1. The number of rotatable bonds is 7. The Kier molecular flexibility index (Phi) is 5.74. The van der Waals surface area contributed by atoms with Crippen LogP contribution in [0.25, 0.3) is 11.1 Å². The number of ether oxygens (including phenoxy) is 3. The first-order chi connectivity index (χ1) is 16.5. The number of aryl methyl sites for hydroxylation is 1. The second kappa shape index (κ2) is 8.86. The van der Waals surface area contributed by atoms with Crippen molar-refractivity contribution < 1.29 is 23.8 Å². The van der Waals surface area contributed by atoms with E-state index >= 15 is 0 Å². The average molecular weight is 458 g/mol. The number of fused-ring (bicyclic) bond motifs is 1. The summed E-state index contributed by atoms with van der Waals surface area (Å²) < 4.78 is 15.5. The molecule has 0 unspecified atom stereocenters. The summed E-state index contributed by atoms with van der Waals surface area (Å²) >= 11 is 0. The lowest BCUT2D eigenvalue weighted by atomic mass is 9.87. The van der Waals surface area contributed by atoms with Crippen LogP contribution in [0.5, 0.6) is 11.5 Å². The number of Topliss-reactive ketones (excluding diaryl/α,β-unsaturated/α-hetero) is 1. The summed E-state index contributed by atoms with van der Waals surface area (Å²) in [6.07, 6.45) is 1.67. The molecule has 0 saturated heterocycles. The summed E-state index contributed by atoms with van der Waals surface area (Å²) in [5.74, 6) is 1.70. The number of alkyl carbamates (subject to hydrolysis) is 1. The van der Waals surface area contributed by atoms with E-state index in [2.05, 4.69) is 29.1 Å². The van der Waals surface area contributed by atoms with Crippen LogP contribution >= 0.6 is 0 Å². The molecule has 1 aliphatic heterocycles. The number of ketones is 1. The first-order valence-corrected chi connectivity index (χ1v) is 11.4. The average Bonchev–Trinajstić information content (AvgIpc) is 3.54. The third kappa shape index (κ3) is 4.23. The largest absolute Gasteiger partial charge is 0.454 e. The molecule has 34 heavy (non-hydrogen) atoms. The molecular formula is C28H27NO5. The Morgan fingerprint density at radius 3 is 2.41 bits per heavy atom. The van der Waals surface area contributed by atoms with Crippen molar-refractivity contribution in [2.24, 2.45) is 0 Å². The highest BCUT2D eigenvalue weighted by atomic mass is 16.7. The van der Waals surface area contributed by atoms with Gasteiger partial charge in [0.15, 0.2) is 11.5 Å². The van der Waals surface area contributed by atoms with Crippen molar-refractivity contribution in [1.82, 2.24) is 5.32 Å². The van der Waals surface area contributed by atoms with Crippen molar-refractivity contribution in [3.63, 3.8) is 0 Å². The van der Waals surface area contributed by atoms with Gasteiger partial charge in [0.05, 0.1) is 12.5 Å². The van der Waals surface area contributed by atoms with Gasteiger partial charge in [-0.2, -0.15) is 0 Å². The molecule has 6 heteroatoms. The van der Waals surface area contributed by atoms with Gasteiger partial charge in [-0.25, -0.2) is 4.79 Å². The number of benzene rings is 3. The lowest BCUT2D eigenvalue weighted by Gasteiger charge is -2.16. The molecule has 0 radical (unpaired) electrons. The SMILES string of the molecule is COC(=O)NCc1ccc(-c2cc(CC(=O)C3(c4ccc5c(c4)OCO5)CC3)ccc2C)cc1. The quantitative estimate of drug-likeness (QED) is 0.535. The fraction of sp³-hybridized carbons (Fsp3) is 0.286. The molecule has 174 valence electrons. The minimum Gasteiger partial charge on any atom is -0.454 e. The smallest absolute Gasteiger partial charge is 0.407 e. The molecule has 2 aliphatic rings. The molecule has 1 aliphatic carbocycles. The standard InChI is InChI=1S/C28H27NO5/c1-18-3-4-20(13-23(18)21-7-5-19(6-8-21)16-29-27(31)32-2)14-26(30)28(11-12-28)22-9-10-24-25(15-22)34-17-33-24/h3-10,13,15H,11-12,14,16-17H2,1-2H3,(H,29,31). The summed E-state index contributed by atoms with van der Waals surface area (Å²) in [7, 11) is 1.35. The van der Waals surface area contributed by atoms with Gasteiger partial charge >= 0.3 is 6.09 Å². The maximum absolute atomic E-state index is 13.4. The number of carbonyl (C=O) groups is 2. The van der Waals surface area contributed by atoms with E-state index in [0.29, 0.717) is 13.0 Å². The number of hydrogen-bond acceptors (Lipinski definition) is 5. The third-order valence-electron chi connectivity index (χ3n) is 6.76. The minimum absolute atomic E-state index is 0.231. The molecule has 5 rings (SSSR count). The number of hydrogen-bond donors (Lipinski definition) is 1. The van der Waals surface area contributed by atoms with Crippen LogP contribution in [0.15, 0.2) is 60.7 Å². The van der Waals surface area contributed by atoms with Crippen molar-refractivity contribution in [3.8, 4) is 22.6 Å². The van der Waals surface area contributed by atoms with Gasteiger partial charge in [0.1, 0.15) is 5.78 Å². The first kappa shape index (κ1) is 22.0. The molecule has 0 aromatic heterocycles. The summed E-state index contributed by atoms with van der Waals surface area (Å²) in [5.41, 5.74) is 5.92. The van der Waals surface area contributed by atoms with Gasteiger partial charge in [-0.3, -0.25) is 4.79 Å². The van der Waals surface area contributed by atoms with E-state index in [9.17, 15) is 9.59 Å². The molecule has 1 amide bonds. The maximum atomic E-state index is 13.4. The highest BCUT2D eigenvalue weighted by Crippen LogP contribution is 2.51. The zero-order valence-corrected chi connectivity index (χ0v) is 19.4. The van der Waals surface area contributed by atoms with Crippen molar-refractivity contribution >= 4 is 11.9 Å². The van der Waals surface area contributed by atoms with Crippen molar-refractivity contribution in [2.75, 3.05) is 13.9 Å². The van der Waals surface area contributed by atoms with Gasteiger partial charge in [-0.05, 0) is 65.3 Å². The van der Waals surface area contributed by atoms with Crippen molar-refractivity contribution in [2.45, 2.75) is 38.1 Å². The predicted molar refractivity (Wildman–Crippen MR) is 128 cm³/mol. The molecule has 0 bridgehead atoms. The molecular weight excluding hydrogens is 430 g/mol. The maximum Gasteiger partial charge on any atom is 0.407 e.